The molecule has 5 rings (SSSR count). The van der Waals surface area contributed by atoms with Crippen LogP contribution in [0.3, 0.4) is 0 Å². The fourth-order valence-electron chi connectivity index (χ4n) is 3.82. The van der Waals surface area contributed by atoms with Gasteiger partial charge in [-0.05, 0) is 37.1 Å². The SMILES string of the molecule is Cc1cccc(-c2noc(Cc3ccc4oc(=O)n(C5CCC(=O)NC5=O)c4c3)n2)c1. The molecule has 0 radical (unpaired) electrons. The first-order chi connectivity index (χ1) is 15.0. The number of hydrogen-bond acceptors (Lipinski definition) is 7. The summed E-state index contributed by atoms with van der Waals surface area (Å²) in [7, 11) is 0. The van der Waals surface area contributed by atoms with Crippen LogP contribution in [-0.2, 0) is 16.0 Å². The van der Waals surface area contributed by atoms with Crippen LogP contribution in [0.1, 0.15) is 35.9 Å². The molecule has 1 atom stereocenters. The van der Waals surface area contributed by atoms with Crippen molar-refractivity contribution in [3.05, 3.63) is 70.0 Å². The molecule has 3 heterocycles. The van der Waals surface area contributed by atoms with Gasteiger partial charge in [-0.15, -0.1) is 0 Å². The van der Waals surface area contributed by atoms with E-state index < -0.39 is 17.7 Å². The number of hydrogen-bond donors (Lipinski definition) is 1. The van der Waals surface area contributed by atoms with E-state index in [0.717, 1.165) is 16.7 Å². The second-order valence-corrected chi connectivity index (χ2v) is 7.56. The first-order valence-electron chi connectivity index (χ1n) is 9.85. The van der Waals surface area contributed by atoms with Gasteiger partial charge in [0.05, 0.1) is 11.9 Å². The number of carbonyl (C=O) groups is 2. The number of benzene rings is 2. The number of oxazole rings is 1. The van der Waals surface area contributed by atoms with Crippen molar-refractivity contribution in [3.8, 4) is 11.4 Å². The van der Waals surface area contributed by atoms with Gasteiger partial charge in [0.25, 0.3) is 0 Å². The van der Waals surface area contributed by atoms with Gasteiger partial charge in [0.1, 0.15) is 6.04 Å². The minimum Gasteiger partial charge on any atom is -0.408 e. The Morgan fingerprint density at radius 3 is 2.84 bits per heavy atom. The second-order valence-electron chi connectivity index (χ2n) is 7.56. The van der Waals surface area contributed by atoms with Crippen molar-refractivity contribution in [2.75, 3.05) is 0 Å². The maximum atomic E-state index is 12.4. The van der Waals surface area contributed by atoms with Crippen LogP contribution in [0, 0.1) is 6.92 Å². The molecule has 156 valence electrons. The summed E-state index contributed by atoms with van der Waals surface area (Å²) in [6.45, 7) is 1.99. The molecule has 1 aliphatic heterocycles. The van der Waals surface area contributed by atoms with Gasteiger partial charge < -0.3 is 8.94 Å². The van der Waals surface area contributed by atoms with Crippen LogP contribution in [0.2, 0.25) is 0 Å². The molecule has 9 heteroatoms. The zero-order valence-electron chi connectivity index (χ0n) is 16.6. The van der Waals surface area contributed by atoms with E-state index in [-0.39, 0.29) is 18.7 Å². The summed E-state index contributed by atoms with van der Waals surface area (Å²) in [5, 5.41) is 6.33. The van der Waals surface area contributed by atoms with Crippen LogP contribution in [0.15, 0.2) is 56.2 Å². The predicted molar refractivity (Wildman–Crippen MR) is 109 cm³/mol. The van der Waals surface area contributed by atoms with E-state index in [4.69, 9.17) is 8.94 Å². The van der Waals surface area contributed by atoms with Crippen molar-refractivity contribution in [1.82, 2.24) is 20.0 Å². The lowest BCUT2D eigenvalue weighted by molar-refractivity contribution is -0.135. The van der Waals surface area contributed by atoms with E-state index in [9.17, 15) is 14.4 Å². The van der Waals surface area contributed by atoms with Crippen LogP contribution in [0.25, 0.3) is 22.5 Å². The first-order valence-corrected chi connectivity index (χ1v) is 9.85. The molecule has 1 fully saturated rings. The zero-order valence-corrected chi connectivity index (χ0v) is 16.6. The zero-order chi connectivity index (χ0) is 21.5. The van der Waals surface area contributed by atoms with Gasteiger partial charge in [0, 0.05) is 12.0 Å². The average molecular weight is 418 g/mol. The van der Waals surface area contributed by atoms with E-state index in [1.54, 1.807) is 18.2 Å². The number of rotatable bonds is 4. The van der Waals surface area contributed by atoms with Crippen LogP contribution in [0.5, 0.6) is 0 Å². The summed E-state index contributed by atoms with van der Waals surface area (Å²) >= 11 is 0. The number of nitrogens with one attached hydrogen (secondary N) is 1. The molecule has 1 unspecified atom stereocenters. The maximum absolute atomic E-state index is 12.4. The van der Waals surface area contributed by atoms with E-state index in [1.807, 2.05) is 31.2 Å². The van der Waals surface area contributed by atoms with Crippen LogP contribution in [-0.4, -0.2) is 26.5 Å². The van der Waals surface area contributed by atoms with Crippen LogP contribution in [0.4, 0.5) is 0 Å². The third-order valence-electron chi connectivity index (χ3n) is 5.30. The maximum Gasteiger partial charge on any atom is 0.420 e. The van der Waals surface area contributed by atoms with Gasteiger partial charge in [-0.3, -0.25) is 19.5 Å². The topological polar surface area (TPSA) is 120 Å². The van der Waals surface area contributed by atoms with Crippen molar-refractivity contribution >= 4 is 22.9 Å². The monoisotopic (exact) mass is 418 g/mol. The molecule has 1 saturated heterocycles. The first kappa shape index (κ1) is 19.0. The molecule has 1 N–H and O–H groups in total. The molecule has 2 amide bonds. The number of piperidine rings is 1. The van der Waals surface area contributed by atoms with Gasteiger partial charge in [-0.25, -0.2) is 4.79 Å². The van der Waals surface area contributed by atoms with Crippen molar-refractivity contribution < 1.29 is 18.5 Å². The number of imide groups is 1. The van der Waals surface area contributed by atoms with E-state index in [1.165, 1.54) is 4.57 Å². The molecule has 4 aromatic rings. The van der Waals surface area contributed by atoms with Gasteiger partial charge in [0.15, 0.2) is 5.58 Å². The average Bonchev–Trinajstić information content (AvgIpc) is 3.32. The largest absolute Gasteiger partial charge is 0.420 e. The van der Waals surface area contributed by atoms with E-state index >= 15 is 0 Å². The molecule has 9 nitrogen and oxygen atoms in total. The second kappa shape index (κ2) is 7.35. The molecule has 0 spiro atoms. The molecule has 0 bridgehead atoms. The minimum absolute atomic E-state index is 0.166. The van der Waals surface area contributed by atoms with Crippen LogP contribution >= 0.6 is 0 Å². The van der Waals surface area contributed by atoms with E-state index in [2.05, 4.69) is 15.5 Å². The lowest BCUT2D eigenvalue weighted by Crippen LogP contribution is -2.43. The highest BCUT2D eigenvalue weighted by Gasteiger charge is 2.31. The Bertz CT molecular complexity index is 1380. The third kappa shape index (κ3) is 3.54. The lowest BCUT2D eigenvalue weighted by atomic mass is 10.1. The summed E-state index contributed by atoms with van der Waals surface area (Å²) in [4.78, 5) is 40.6. The van der Waals surface area contributed by atoms with Crippen molar-refractivity contribution in [2.45, 2.75) is 32.2 Å². The number of amides is 2. The molecule has 31 heavy (non-hydrogen) atoms. The summed E-state index contributed by atoms with van der Waals surface area (Å²) in [5.41, 5.74) is 3.63. The highest BCUT2D eigenvalue weighted by Crippen LogP contribution is 2.25. The Hall–Kier alpha value is -4.01. The summed E-state index contributed by atoms with van der Waals surface area (Å²) in [5.74, 6) is -0.561. The molecule has 2 aromatic carbocycles. The Morgan fingerprint density at radius 1 is 1.16 bits per heavy atom. The summed E-state index contributed by atoms with van der Waals surface area (Å²) < 4.78 is 12.0. The minimum atomic E-state index is -0.793. The normalized spacial score (nSPS) is 16.6. The lowest BCUT2D eigenvalue weighted by Gasteiger charge is -2.21. The van der Waals surface area contributed by atoms with Crippen molar-refractivity contribution in [1.29, 1.82) is 0 Å². The van der Waals surface area contributed by atoms with E-state index in [0.29, 0.717) is 29.2 Å². The Balaban J connectivity index is 1.46. The van der Waals surface area contributed by atoms with Gasteiger partial charge in [0.2, 0.25) is 23.5 Å². The van der Waals surface area contributed by atoms with Gasteiger partial charge in [-0.2, -0.15) is 4.98 Å². The summed E-state index contributed by atoms with van der Waals surface area (Å²) in [6, 6.07) is 12.3. The number of carbonyl (C=O) groups excluding carboxylic acids is 2. The van der Waals surface area contributed by atoms with Gasteiger partial charge >= 0.3 is 5.76 Å². The standard InChI is InChI=1S/C22H18N4O5/c1-12-3-2-4-14(9-12)20-24-19(31-25-20)11-13-5-7-17-16(10-13)26(22(29)30-17)15-6-8-18(27)23-21(15)28/h2-5,7,9-10,15H,6,8,11H2,1H3,(H,23,27,28). The quantitative estimate of drug-likeness (QED) is 0.506. The molecule has 2 aromatic heterocycles. The highest BCUT2D eigenvalue weighted by molar-refractivity contribution is 6.00. The Labute approximate surface area is 175 Å². The van der Waals surface area contributed by atoms with Gasteiger partial charge in [-0.1, -0.05) is 35.0 Å². The molecular formula is C22H18N4O5. The number of fused-ring (bicyclic) bond motifs is 1. The predicted octanol–water partition coefficient (Wildman–Crippen LogP) is 2.52. The Kier molecular flexibility index (Phi) is 4.50. The smallest absolute Gasteiger partial charge is 0.408 e. The fraction of sp³-hybridized carbons (Fsp3) is 0.227. The molecule has 0 saturated carbocycles. The van der Waals surface area contributed by atoms with Crippen molar-refractivity contribution in [2.24, 2.45) is 0 Å². The molecule has 0 aliphatic carbocycles. The highest BCUT2D eigenvalue weighted by atomic mass is 16.5. The fourth-order valence-corrected chi connectivity index (χ4v) is 3.82. The molecule has 1 aliphatic rings. The number of nitrogens with zero attached hydrogens (tertiary/aromatic N) is 3. The number of aromatic nitrogens is 3. The van der Waals surface area contributed by atoms with Crippen LogP contribution < -0.4 is 11.1 Å². The third-order valence-corrected chi connectivity index (χ3v) is 5.30. The summed E-state index contributed by atoms with van der Waals surface area (Å²) in [6.07, 6.45) is 0.759. The number of aryl methyl sites for hydroxylation is 1. The molecular weight excluding hydrogens is 400 g/mol. The Morgan fingerprint density at radius 2 is 2.03 bits per heavy atom. The van der Waals surface area contributed by atoms with Crippen molar-refractivity contribution in [3.63, 3.8) is 0 Å².